The molecule has 0 spiro atoms. The molecule has 0 aliphatic carbocycles. The maximum Gasteiger partial charge on any atom is 0.150 e. The molecular weight excluding hydrogens is 207 g/mol. The number of alkyl halides is 1. The number of rotatable bonds is 3. The van der Waals surface area contributed by atoms with Gasteiger partial charge in [-0.2, -0.15) is 0 Å². The van der Waals surface area contributed by atoms with Crippen LogP contribution in [0.1, 0.15) is 18.6 Å². The van der Waals surface area contributed by atoms with E-state index in [0.29, 0.717) is 0 Å². The number of hydrogen-bond donors (Lipinski definition) is 1. The molecule has 0 aliphatic rings. The molecular formula is C10H10ClFO2. The molecule has 0 radical (unpaired) electrons. The highest BCUT2D eigenvalue weighted by Gasteiger charge is 2.24. The molecule has 2 atom stereocenters. The summed E-state index contributed by atoms with van der Waals surface area (Å²) in [6, 6.07) is 5.69. The van der Waals surface area contributed by atoms with Crippen molar-refractivity contribution in [1.29, 1.82) is 0 Å². The van der Waals surface area contributed by atoms with Gasteiger partial charge in [-0.1, -0.05) is 18.2 Å². The number of aliphatic hydroxyl groups is 1. The molecule has 1 aromatic rings. The molecule has 0 saturated carbocycles. The Morgan fingerprint density at radius 2 is 2.07 bits per heavy atom. The van der Waals surface area contributed by atoms with Gasteiger partial charge in [0.25, 0.3) is 0 Å². The molecule has 76 valence electrons. The lowest BCUT2D eigenvalue weighted by atomic mass is 10.0. The lowest BCUT2D eigenvalue weighted by Gasteiger charge is -2.14. The third kappa shape index (κ3) is 2.30. The molecule has 0 bridgehead atoms. The van der Waals surface area contributed by atoms with E-state index in [-0.39, 0.29) is 11.3 Å². The minimum atomic E-state index is -1.30. The number of benzene rings is 1. The average Bonchev–Trinajstić information content (AvgIpc) is 2.16. The largest absolute Gasteiger partial charge is 0.386 e. The van der Waals surface area contributed by atoms with Crippen molar-refractivity contribution in [3.8, 4) is 0 Å². The van der Waals surface area contributed by atoms with Crippen molar-refractivity contribution in [1.82, 2.24) is 0 Å². The first-order chi connectivity index (χ1) is 6.54. The second-order valence-electron chi connectivity index (χ2n) is 2.98. The number of ketones is 1. The first kappa shape index (κ1) is 11.1. The van der Waals surface area contributed by atoms with Crippen LogP contribution in [0.4, 0.5) is 4.39 Å². The monoisotopic (exact) mass is 216 g/mol. The van der Waals surface area contributed by atoms with Crippen molar-refractivity contribution in [3.63, 3.8) is 0 Å². The van der Waals surface area contributed by atoms with Gasteiger partial charge in [-0.3, -0.25) is 4.79 Å². The summed E-state index contributed by atoms with van der Waals surface area (Å²) >= 11 is 5.61. The summed E-state index contributed by atoms with van der Waals surface area (Å²) in [4.78, 5) is 10.9. The maximum absolute atomic E-state index is 13.1. The van der Waals surface area contributed by atoms with Crippen LogP contribution in [0.25, 0.3) is 0 Å². The number of hydrogen-bond acceptors (Lipinski definition) is 2. The summed E-state index contributed by atoms with van der Waals surface area (Å²) in [7, 11) is 0. The fourth-order valence-corrected chi connectivity index (χ4v) is 1.23. The van der Waals surface area contributed by atoms with E-state index in [0.717, 1.165) is 0 Å². The summed E-state index contributed by atoms with van der Waals surface area (Å²) in [5.74, 6) is -0.950. The van der Waals surface area contributed by atoms with Crippen molar-refractivity contribution < 1.29 is 14.3 Å². The van der Waals surface area contributed by atoms with Gasteiger partial charge in [-0.15, -0.1) is 11.6 Å². The van der Waals surface area contributed by atoms with Gasteiger partial charge in [0.1, 0.15) is 17.3 Å². The average molecular weight is 217 g/mol. The molecule has 1 N–H and O–H groups in total. The van der Waals surface area contributed by atoms with E-state index in [1.54, 1.807) is 6.07 Å². The summed E-state index contributed by atoms with van der Waals surface area (Å²) in [5.41, 5.74) is 0.0442. The molecule has 0 heterocycles. The lowest BCUT2D eigenvalue weighted by molar-refractivity contribution is -0.118. The zero-order valence-corrected chi connectivity index (χ0v) is 8.33. The van der Waals surface area contributed by atoms with Crippen molar-refractivity contribution in [2.24, 2.45) is 0 Å². The van der Waals surface area contributed by atoms with Crippen LogP contribution >= 0.6 is 11.6 Å². The van der Waals surface area contributed by atoms with E-state index in [4.69, 9.17) is 11.6 Å². The number of halogens is 2. The first-order valence-electron chi connectivity index (χ1n) is 4.11. The van der Waals surface area contributed by atoms with E-state index in [1.165, 1.54) is 25.1 Å². The lowest BCUT2D eigenvalue weighted by Crippen LogP contribution is -2.21. The first-order valence-corrected chi connectivity index (χ1v) is 4.54. The Hall–Kier alpha value is -0.930. The highest BCUT2D eigenvalue weighted by Crippen LogP contribution is 2.23. The fraction of sp³-hybridized carbons (Fsp3) is 0.300. The van der Waals surface area contributed by atoms with Crippen LogP contribution in [-0.2, 0) is 4.79 Å². The zero-order chi connectivity index (χ0) is 10.7. The van der Waals surface area contributed by atoms with Crippen LogP contribution in [0.15, 0.2) is 24.3 Å². The Bertz CT molecular complexity index is 341. The van der Waals surface area contributed by atoms with Gasteiger partial charge in [0.2, 0.25) is 0 Å². The Morgan fingerprint density at radius 3 is 2.57 bits per heavy atom. The smallest absolute Gasteiger partial charge is 0.150 e. The predicted octanol–water partition coefficient (Wildman–Crippen LogP) is 2.06. The van der Waals surface area contributed by atoms with E-state index >= 15 is 0 Å². The normalized spacial score (nSPS) is 14.9. The molecule has 0 amide bonds. The van der Waals surface area contributed by atoms with E-state index in [9.17, 15) is 14.3 Å². The van der Waals surface area contributed by atoms with Crippen LogP contribution in [0.2, 0.25) is 0 Å². The Labute approximate surface area is 86.3 Å². The molecule has 0 aliphatic heterocycles. The van der Waals surface area contributed by atoms with Gasteiger partial charge < -0.3 is 5.11 Å². The van der Waals surface area contributed by atoms with Crippen LogP contribution in [0.5, 0.6) is 0 Å². The van der Waals surface area contributed by atoms with E-state index < -0.39 is 17.3 Å². The third-order valence-electron chi connectivity index (χ3n) is 1.89. The predicted molar refractivity (Wildman–Crippen MR) is 51.7 cm³/mol. The van der Waals surface area contributed by atoms with Gasteiger partial charge in [0.05, 0.1) is 0 Å². The van der Waals surface area contributed by atoms with Crippen LogP contribution in [0, 0.1) is 5.82 Å². The topological polar surface area (TPSA) is 37.3 Å². The fourth-order valence-electron chi connectivity index (χ4n) is 1.09. The SMILES string of the molecule is CC(=O)[C@@H](Cl)[C@@H](O)c1ccccc1F. The number of carbonyl (C=O) groups is 1. The van der Waals surface area contributed by atoms with Crippen molar-refractivity contribution >= 4 is 17.4 Å². The quantitative estimate of drug-likeness (QED) is 0.786. The van der Waals surface area contributed by atoms with Crippen molar-refractivity contribution in [3.05, 3.63) is 35.6 Å². The maximum atomic E-state index is 13.1. The molecule has 1 aromatic carbocycles. The van der Waals surface area contributed by atoms with Crippen molar-refractivity contribution in [2.75, 3.05) is 0 Å². The molecule has 0 aromatic heterocycles. The minimum absolute atomic E-state index is 0.0442. The molecule has 14 heavy (non-hydrogen) atoms. The highest BCUT2D eigenvalue weighted by molar-refractivity contribution is 6.31. The molecule has 2 nitrogen and oxygen atoms in total. The number of Topliss-reactive ketones (excluding diaryl/α,β-unsaturated/α-hetero) is 1. The second kappa shape index (κ2) is 4.53. The Morgan fingerprint density at radius 1 is 1.50 bits per heavy atom. The van der Waals surface area contributed by atoms with Gasteiger partial charge in [-0.25, -0.2) is 4.39 Å². The summed E-state index contributed by atoms with van der Waals surface area (Å²) in [5, 5.41) is 8.44. The molecule has 0 unspecified atom stereocenters. The molecule has 1 rings (SSSR count). The highest BCUT2D eigenvalue weighted by atomic mass is 35.5. The van der Waals surface area contributed by atoms with Gasteiger partial charge in [0, 0.05) is 5.56 Å². The molecule has 4 heteroatoms. The van der Waals surface area contributed by atoms with E-state index in [2.05, 4.69) is 0 Å². The molecule has 0 fully saturated rings. The standard InChI is InChI=1S/C10H10ClFO2/c1-6(13)9(11)10(14)7-4-2-3-5-8(7)12/h2-5,9-10,14H,1H3/t9-,10+/m1/s1. The van der Waals surface area contributed by atoms with Crippen LogP contribution in [-0.4, -0.2) is 16.3 Å². The van der Waals surface area contributed by atoms with Gasteiger partial charge >= 0.3 is 0 Å². The minimum Gasteiger partial charge on any atom is -0.386 e. The van der Waals surface area contributed by atoms with Gasteiger partial charge in [0.15, 0.2) is 5.78 Å². The summed E-state index contributed by atoms with van der Waals surface area (Å²) in [6.45, 7) is 1.25. The van der Waals surface area contributed by atoms with Crippen LogP contribution in [0.3, 0.4) is 0 Å². The Balaban J connectivity index is 2.94. The van der Waals surface area contributed by atoms with Crippen LogP contribution < -0.4 is 0 Å². The second-order valence-corrected chi connectivity index (χ2v) is 3.45. The van der Waals surface area contributed by atoms with Crippen molar-refractivity contribution in [2.45, 2.75) is 18.4 Å². The number of carbonyl (C=O) groups excluding carboxylic acids is 1. The van der Waals surface area contributed by atoms with Gasteiger partial charge in [-0.05, 0) is 13.0 Å². The summed E-state index contributed by atoms with van der Waals surface area (Å²) in [6.07, 6.45) is -1.30. The Kier molecular flexibility index (Phi) is 3.61. The summed E-state index contributed by atoms with van der Waals surface area (Å²) < 4.78 is 13.1. The van der Waals surface area contributed by atoms with E-state index in [1.807, 2.05) is 0 Å². The zero-order valence-electron chi connectivity index (χ0n) is 7.58. The number of aliphatic hydroxyl groups excluding tert-OH is 1. The third-order valence-corrected chi connectivity index (χ3v) is 2.44. The molecule has 0 saturated heterocycles.